The highest BCUT2D eigenvalue weighted by molar-refractivity contribution is 6.30. The van der Waals surface area contributed by atoms with Gasteiger partial charge in [0.15, 0.2) is 11.5 Å². The Kier molecular flexibility index (Phi) is 8.60. The van der Waals surface area contributed by atoms with E-state index in [0.29, 0.717) is 53.0 Å². The zero-order chi connectivity index (χ0) is 23.8. The maximum atomic E-state index is 12.8. The predicted molar refractivity (Wildman–Crippen MR) is 126 cm³/mol. The second kappa shape index (κ2) is 11.6. The summed E-state index contributed by atoms with van der Waals surface area (Å²) >= 11 is 5.95. The van der Waals surface area contributed by atoms with Gasteiger partial charge in [0.2, 0.25) is 0 Å². The zero-order valence-corrected chi connectivity index (χ0v) is 19.8. The smallest absolute Gasteiger partial charge is 0.338 e. The SMILES string of the molecule is CCCC1=C(C(=O)OCC)C(c2ccc(OCc3ccc(Cl)cc3)c(OCC)c2)NC(=O)N1. The summed E-state index contributed by atoms with van der Waals surface area (Å²) in [5.41, 5.74) is 2.64. The van der Waals surface area contributed by atoms with Gasteiger partial charge in [0.05, 0.1) is 24.8 Å². The first-order valence-corrected chi connectivity index (χ1v) is 11.5. The van der Waals surface area contributed by atoms with Crippen LogP contribution in [0.4, 0.5) is 4.79 Å². The number of benzene rings is 2. The van der Waals surface area contributed by atoms with Crippen LogP contribution in [0.3, 0.4) is 0 Å². The Hall–Kier alpha value is -3.19. The van der Waals surface area contributed by atoms with Crippen LogP contribution in [0.5, 0.6) is 11.5 Å². The molecule has 0 spiro atoms. The van der Waals surface area contributed by atoms with Gasteiger partial charge in [0.25, 0.3) is 0 Å². The predicted octanol–water partition coefficient (Wildman–Crippen LogP) is 5.29. The molecule has 0 saturated carbocycles. The lowest BCUT2D eigenvalue weighted by molar-refractivity contribution is -0.139. The summed E-state index contributed by atoms with van der Waals surface area (Å²) in [6, 6.07) is 11.8. The number of carbonyl (C=O) groups excluding carboxylic acids is 2. The van der Waals surface area contributed by atoms with Gasteiger partial charge in [-0.1, -0.05) is 43.1 Å². The third-order valence-corrected chi connectivity index (χ3v) is 5.31. The molecule has 1 aliphatic rings. The molecule has 0 aromatic heterocycles. The lowest BCUT2D eigenvalue weighted by Gasteiger charge is -2.29. The van der Waals surface area contributed by atoms with Crippen molar-refractivity contribution in [2.75, 3.05) is 13.2 Å². The fourth-order valence-corrected chi connectivity index (χ4v) is 3.72. The van der Waals surface area contributed by atoms with Crippen LogP contribution in [0.1, 0.15) is 50.8 Å². The van der Waals surface area contributed by atoms with Crippen molar-refractivity contribution in [3.05, 3.63) is 69.9 Å². The topological polar surface area (TPSA) is 85.9 Å². The van der Waals surface area contributed by atoms with Crippen molar-refractivity contribution in [2.45, 2.75) is 46.3 Å². The molecule has 0 radical (unpaired) electrons. The number of halogens is 1. The summed E-state index contributed by atoms with van der Waals surface area (Å²) in [7, 11) is 0. The maximum absolute atomic E-state index is 12.8. The van der Waals surface area contributed by atoms with Crippen molar-refractivity contribution in [3.8, 4) is 11.5 Å². The molecule has 1 unspecified atom stereocenters. The summed E-state index contributed by atoms with van der Waals surface area (Å²) in [6.45, 7) is 6.63. The molecule has 1 heterocycles. The Morgan fingerprint density at radius 2 is 1.76 bits per heavy atom. The van der Waals surface area contributed by atoms with Crippen LogP contribution >= 0.6 is 11.6 Å². The zero-order valence-electron chi connectivity index (χ0n) is 19.1. The summed E-state index contributed by atoms with van der Waals surface area (Å²) in [5.74, 6) is 0.628. The second-order valence-corrected chi connectivity index (χ2v) is 7.88. The van der Waals surface area contributed by atoms with E-state index in [9.17, 15) is 9.59 Å². The van der Waals surface area contributed by atoms with Crippen molar-refractivity contribution in [2.24, 2.45) is 0 Å². The molecule has 2 N–H and O–H groups in total. The van der Waals surface area contributed by atoms with E-state index in [1.807, 2.05) is 44.2 Å². The summed E-state index contributed by atoms with van der Waals surface area (Å²) < 4.78 is 17.1. The van der Waals surface area contributed by atoms with Crippen LogP contribution in [0.15, 0.2) is 53.7 Å². The molecule has 33 heavy (non-hydrogen) atoms. The number of esters is 1. The number of hydrogen-bond acceptors (Lipinski definition) is 5. The molecule has 0 fully saturated rings. The minimum Gasteiger partial charge on any atom is -0.490 e. The second-order valence-electron chi connectivity index (χ2n) is 7.45. The molecule has 0 saturated heterocycles. The van der Waals surface area contributed by atoms with Crippen molar-refractivity contribution in [3.63, 3.8) is 0 Å². The Labute approximate surface area is 199 Å². The summed E-state index contributed by atoms with van der Waals surface area (Å²) in [5, 5.41) is 6.27. The lowest BCUT2D eigenvalue weighted by atomic mass is 9.93. The fraction of sp³-hybridized carbons (Fsp3) is 0.360. The minimum atomic E-state index is -0.663. The third-order valence-electron chi connectivity index (χ3n) is 5.06. The molecule has 0 aliphatic carbocycles. The van der Waals surface area contributed by atoms with Crippen molar-refractivity contribution >= 4 is 23.6 Å². The Balaban J connectivity index is 1.93. The standard InChI is InChI=1S/C25H29ClN2O5/c1-4-7-19-22(24(29)32-6-3)23(28-25(30)27-19)17-10-13-20(21(14-17)31-5-2)33-15-16-8-11-18(26)12-9-16/h8-14,23H,4-7,15H2,1-3H3,(H2,27,28,30). The largest absolute Gasteiger partial charge is 0.490 e. The summed E-state index contributed by atoms with van der Waals surface area (Å²) in [4.78, 5) is 25.1. The van der Waals surface area contributed by atoms with E-state index in [1.54, 1.807) is 19.1 Å². The van der Waals surface area contributed by atoms with Gasteiger partial charge in [0, 0.05) is 10.7 Å². The molecule has 2 aromatic rings. The van der Waals surface area contributed by atoms with Gasteiger partial charge >= 0.3 is 12.0 Å². The maximum Gasteiger partial charge on any atom is 0.338 e. The van der Waals surface area contributed by atoms with Crippen molar-refractivity contribution < 1.29 is 23.8 Å². The molecule has 1 atom stereocenters. The third kappa shape index (κ3) is 6.20. The van der Waals surface area contributed by atoms with E-state index in [2.05, 4.69) is 10.6 Å². The van der Waals surface area contributed by atoms with Gasteiger partial charge in [-0.15, -0.1) is 0 Å². The van der Waals surface area contributed by atoms with E-state index in [-0.39, 0.29) is 12.6 Å². The Morgan fingerprint density at radius 1 is 1.00 bits per heavy atom. The monoisotopic (exact) mass is 472 g/mol. The molecular formula is C25H29ClN2O5. The Bertz CT molecular complexity index is 1020. The number of ether oxygens (including phenoxy) is 3. The normalized spacial score (nSPS) is 15.5. The molecule has 1 aliphatic heterocycles. The molecule has 8 heteroatoms. The minimum absolute atomic E-state index is 0.240. The summed E-state index contributed by atoms with van der Waals surface area (Å²) in [6.07, 6.45) is 1.32. The fourth-order valence-electron chi connectivity index (χ4n) is 3.60. The molecule has 176 valence electrons. The van der Waals surface area contributed by atoms with E-state index >= 15 is 0 Å². The number of hydrogen-bond donors (Lipinski definition) is 2. The van der Waals surface area contributed by atoms with Gasteiger partial charge in [-0.25, -0.2) is 9.59 Å². The van der Waals surface area contributed by atoms with Crippen LogP contribution in [0, 0.1) is 0 Å². The Morgan fingerprint density at radius 3 is 2.42 bits per heavy atom. The molecule has 0 bridgehead atoms. The number of allylic oxidation sites excluding steroid dienone is 1. The highest BCUT2D eigenvalue weighted by Gasteiger charge is 2.33. The molecular weight excluding hydrogens is 444 g/mol. The number of urea groups is 1. The molecule has 2 aromatic carbocycles. The van der Waals surface area contributed by atoms with Crippen LogP contribution in [0.2, 0.25) is 5.02 Å². The van der Waals surface area contributed by atoms with Crippen LogP contribution in [0.25, 0.3) is 0 Å². The first kappa shape index (κ1) is 24.5. The van der Waals surface area contributed by atoms with E-state index in [0.717, 1.165) is 12.0 Å². The van der Waals surface area contributed by atoms with E-state index < -0.39 is 12.0 Å². The highest BCUT2D eigenvalue weighted by Crippen LogP contribution is 2.36. The van der Waals surface area contributed by atoms with Crippen molar-refractivity contribution in [1.82, 2.24) is 10.6 Å². The van der Waals surface area contributed by atoms with Crippen LogP contribution in [-0.2, 0) is 16.1 Å². The molecule has 3 rings (SSSR count). The number of rotatable bonds is 10. The van der Waals surface area contributed by atoms with Gasteiger partial charge in [-0.05, 0) is 55.7 Å². The lowest BCUT2D eigenvalue weighted by Crippen LogP contribution is -2.46. The first-order chi connectivity index (χ1) is 16.0. The number of nitrogens with one attached hydrogen (secondary N) is 2. The van der Waals surface area contributed by atoms with Gasteiger partial charge in [0.1, 0.15) is 6.61 Å². The quantitative estimate of drug-likeness (QED) is 0.459. The number of carbonyl (C=O) groups is 2. The first-order valence-electron chi connectivity index (χ1n) is 11.1. The average Bonchev–Trinajstić information content (AvgIpc) is 2.79. The van der Waals surface area contributed by atoms with Crippen LogP contribution in [-0.4, -0.2) is 25.2 Å². The van der Waals surface area contributed by atoms with Gasteiger partial charge in [-0.2, -0.15) is 0 Å². The van der Waals surface area contributed by atoms with Gasteiger partial charge in [-0.3, -0.25) is 0 Å². The number of amides is 2. The van der Waals surface area contributed by atoms with E-state index in [4.69, 9.17) is 25.8 Å². The van der Waals surface area contributed by atoms with Crippen LogP contribution < -0.4 is 20.1 Å². The van der Waals surface area contributed by atoms with Crippen molar-refractivity contribution in [1.29, 1.82) is 0 Å². The van der Waals surface area contributed by atoms with E-state index in [1.165, 1.54) is 0 Å². The molecule has 2 amide bonds. The van der Waals surface area contributed by atoms with Gasteiger partial charge < -0.3 is 24.8 Å². The average molecular weight is 473 g/mol. The molecule has 7 nitrogen and oxygen atoms in total. The highest BCUT2D eigenvalue weighted by atomic mass is 35.5.